The number of carbonyl (C=O) groups excluding carboxylic acids is 2. The van der Waals surface area contributed by atoms with E-state index >= 15 is 0 Å². The van der Waals surface area contributed by atoms with Crippen LogP contribution in [0.3, 0.4) is 0 Å². The van der Waals surface area contributed by atoms with E-state index in [0.717, 1.165) is 5.56 Å². The van der Waals surface area contributed by atoms with Crippen LogP contribution >= 0.6 is 11.8 Å². The van der Waals surface area contributed by atoms with Gasteiger partial charge in [0.15, 0.2) is 11.5 Å². The Morgan fingerprint density at radius 1 is 1.43 bits per heavy atom. The van der Waals surface area contributed by atoms with E-state index < -0.39 is 38.3 Å². The van der Waals surface area contributed by atoms with Crippen LogP contribution in [0, 0.1) is 6.92 Å². The van der Waals surface area contributed by atoms with Crippen LogP contribution in [0.25, 0.3) is 0 Å². The van der Waals surface area contributed by atoms with Crippen LogP contribution in [0.5, 0.6) is 0 Å². The van der Waals surface area contributed by atoms with Crippen molar-refractivity contribution in [1.29, 1.82) is 0 Å². The molecule has 4 atom stereocenters. The number of nitrogens with zero attached hydrogens (tertiary/aromatic N) is 1. The van der Waals surface area contributed by atoms with E-state index in [1.807, 2.05) is 13.8 Å². The largest absolute Gasteiger partial charge is 0.359 e. The molecule has 0 spiro atoms. The summed E-state index contributed by atoms with van der Waals surface area (Å²) in [4.78, 5) is 26.6. The van der Waals surface area contributed by atoms with Crippen LogP contribution < -0.4 is 5.32 Å². The van der Waals surface area contributed by atoms with Crippen LogP contribution in [0.15, 0.2) is 24.3 Å². The topological polar surface area (TPSA) is 113 Å². The summed E-state index contributed by atoms with van der Waals surface area (Å²) < 4.78 is 38.7. The SMILES string of the molecule is COC(NC(=O)C(c1cccc(C)c1)S(=O)(=O)O)[C@@H]1N2C(=O)C[C@H]2SC1(C)C. The van der Waals surface area contributed by atoms with Crippen molar-refractivity contribution >= 4 is 33.7 Å². The first-order valence-corrected chi connectivity index (χ1v) is 11.2. The zero-order chi connectivity index (χ0) is 20.9. The molecule has 8 nitrogen and oxygen atoms in total. The highest BCUT2D eigenvalue weighted by Gasteiger charge is 2.58. The molecule has 2 aliphatic rings. The van der Waals surface area contributed by atoms with Crippen molar-refractivity contribution in [2.24, 2.45) is 0 Å². The fourth-order valence-corrected chi connectivity index (χ4v) is 6.37. The number of carbonyl (C=O) groups is 2. The van der Waals surface area contributed by atoms with Gasteiger partial charge in [-0.15, -0.1) is 11.8 Å². The van der Waals surface area contributed by atoms with E-state index in [1.165, 1.54) is 19.2 Å². The van der Waals surface area contributed by atoms with Gasteiger partial charge < -0.3 is 15.0 Å². The second-order valence-corrected chi connectivity index (χ2v) is 10.9. The Labute approximate surface area is 168 Å². The fourth-order valence-electron chi connectivity index (χ4n) is 3.87. The number of amides is 2. The summed E-state index contributed by atoms with van der Waals surface area (Å²) in [6.07, 6.45) is -0.482. The van der Waals surface area contributed by atoms with Gasteiger partial charge in [-0.25, -0.2) is 0 Å². The minimum atomic E-state index is -4.71. The summed E-state index contributed by atoms with van der Waals surface area (Å²) >= 11 is 1.62. The van der Waals surface area contributed by atoms with Gasteiger partial charge in [0, 0.05) is 11.9 Å². The third kappa shape index (κ3) is 3.78. The Kier molecular flexibility index (Phi) is 5.52. The Morgan fingerprint density at radius 3 is 2.64 bits per heavy atom. The summed E-state index contributed by atoms with van der Waals surface area (Å²) in [6, 6.07) is 5.91. The van der Waals surface area contributed by atoms with Crippen LogP contribution in [0.2, 0.25) is 0 Å². The van der Waals surface area contributed by atoms with E-state index in [-0.39, 0.29) is 16.8 Å². The van der Waals surface area contributed by atoms with Gasteiger partial charge in [-0.05, 0) is 26.3 Å². The first-order valence-electron chi connectivity index (χ1n) is 8.80. The average molecular weight is 429 g/mol. The standard InChI is InChI=1S/C18H24N2O6S2/c1-10-6-5-7-11(8-10)14(28(23,24)25)16(22)19-17(26-4)15-18(2,3)27-13-9-12(21)20(13)15/h5-8,13-15,17H,9H2,1-4H3,(H,19,22)(H,23,24,25)/t13-,14?,15+,17?/m1/s1. The molecule has 2 unspecified atom stereocenters. The lowest BCUT2D eigenvalue weighted by atomic mass is 9.96. The lowest BCUT2D eigenvalue weighted by molar-refractivity contribution is -0.151. The summed E-state index contributed by atoms with van der Waals surface area (Å²) in [5.41, 5.74) is 0.914. The number of hydrogen-bond acceptors (Lipinski definition) is 6. The zero-order valence-corrected chi connectivity index (χ0v) is 17.7. The highest BCUT2D eigenvalue weighted by molar-refractivity contribution is 8.01. The van der Waals surface area contributed by atoms with Crippen molar-refractivity contribution in [3.05, 3.63) is 35.4 Å². The Morgan fingerprint density at radius 2 is 2.11 bits per heavy atom. The maximum Gasteiger partial charge on any atom is 0.281 e. The van der Waals surface area contributed by atoms with Gasteiger partial charge >= 0.3 is 0 Å². The second kappa shape index (κ2) is 7.33. The highest BCUT2D eigenvalue weighted by Crippen LogP contribution is 2.51. The zero-order valence-electron chi connectivity index (χ0n) is 16.1. The van der Waals surface area contributed by atoms with Gasteiger partial charge in [-0.2, -0.15) is 8.42 Å². The van der Waals surface area contributed by atoms with Crippen LogP contribution in [-0.2, 0) is 24.4 Å². The average Bonchev–Trinajstić information content (AvgIpc) is 2.77. The number of methoxy groups -OCH3 is 1. The van der Waals surface area contributed by atoms with E-state index in [4.69, 9.17) is 4.74 Å². The smallest absolute Gasteiger partial charge is 0.281 e. The number of hydrogen-bond donors (Lipinski definition) is 2. The molecule has 28 heavy (non-hydrogen) atoms. The van der Waals surface area contributed by atoms with Crippen molar-refractivity contribution in [1.82, 2.24) is 10.2 Å². The van der Waals surface area contributed by atoms with Crippen LogP contribution in [-0.4, -0.2) is 59.2 Å². The minimum Gasteiger partial charge on any atom is -0.359 e. The minimum absolute atomic E-state index is 0.0243. The van der Waals surface area contributed by atoms with Gasteiger partial charge in [0.1, 0.15) is 0 Å². The molecule has 10 heteroatoms. The fraction of sp³-hybridized carbons (Fsp3) is 0.556. The molecule has 1 aromatic carbocycles. The van der Waals surface area contributed by atoms with Crippen molar-refractivity contribution in [2.75, 3.05) is 7.11 Å². The molecule has 0 saturated carbocycles. The maximum atomic E-state index is 12.9. The van der Waals surface area contributed by atoms with E-state index in [0.29, 0.717) is 6.42 Å². The number of ether oxygens (including phenoxy) is 1. The molecule has 154 valence electrons. The number of fused-ring (bicyclic) bond motifs is 1. The molecule has 2 aliphatic heterocycles. The first-order chi connectivity index (χ1) is 13.0. The van der Waals surface area contributed by atoms with Gasteiger partial charge in [0.25, 0.3) is 10.1 Å². The molecule has 2 heterocycles. The number of thioether (sulfide) groups is 1. The van der Waals surface area contributed by atoms with Gasteiger partial charge in [0.05, 0.1) is 17.8 Å². The molecule has 2 N–H and O–H groups in total. The van der Waals surface area contributed by atoms with Gasteiger partial charge in [-0.1, -0.05) is 29.8 Å². The lowest BCUT2D eigenvalue weighted by Crippen LogP contribution is -2.62. The van der Waals surface area contributed by atoms with Crippen molar-refractivity contribution in [3.8, 4) is 0 Å². The summed E-state index contributed by atoms with van der Waals surface area (Å²) in [5, 5.41) is 0.824. The Balaban J connectivity index is 1.89. The molecule has 0 aromatic heterocycles. The third-order valence-corrected chi connectivity index (χ3v) is 7.70. The van der Waals surface area contributed by atoms with Crippen LogP contribution in [0.4, 0.5) is 0 Å². The molecule has 0 radical (unpaired) electrons. The predicted octanol–water partition coefficient (Wildman–Crippen LogP) is 1.47. The molecule has 2 saturated heterocycles. The Bertz CT molecular complexity index is 901. The summed E-state index contributed by atoms with van der Waals surface area (Å²) in [6.45, 7) is 5.66. The van der Waals surface area contributed by atoms with E-state index in [1.54, 1.807) is 35.7 Å². The second-order valence-electron chi connectivity index (χ2n) is 7.60. The molecule has 1 aromatic rings. The number of β-lactam (4-membered cyclic amide) rings is 1. The predicted molar refractivity (Wildman–Crippen MR) is 105 cm³/mol. The molecule has 2 amide bonds. The number of nitrogens with one attached hydrogen (secondary N) is 1. The van der Waals surface area contributed by atoms with Crippen molar-refractivity contribution < 1.29 is 27.3 Å². The van der Waals surface area contributed by atoms with E-state index in [9.17, 15) is 22.6 Å². The number of aryl methyl sites for hydroxylation is 1. The quantitative estimate of drug-likeness (QED) is 0.401. The molecular formula is C18H24N2O6S2. The maximum absolute atomic E-state index is 12.9. The number of benzene rings is 1. The molecule has 3 rings (SSSR count). The lowest BCUT2D eigenvalue weighted by Gasteiger charge is -2.42. The van der Waals surface area contributed by atoms with E-state index in [2.05, 4.69) is 5.32 Å². The summed E-state index contributed by atoms with van der Waals surface area (Å²) in [5.74, 6) is -0.938. The monoisotopic (exact) mass is 428 g/mol. The Hall–Kier alpha value is -1.62. The molecule has 0 aliphatic carbocycles. The molecule has 0 bridgehead atoms. The van der Waals surface area contributed by atoms with Crippen molar-refractivity contribution in [2.45, 2.75) is 54.8 Å². The highest BCUT2D eigenvalue weighted by atomic mass is 32.2. The van der Waals surface area contributed by atoms with Gasteiger partial charge in [0.2, 0.25) is 11.8 Å². The van der Waals surface area contributed by atoms with Crippen molar-refractivity contribution in [3.63, 3.8) is 0 Å². The van der Waals surface area contributed by atoms with Crippen LogP contribution in [0.1, 0.15) is 36.6 Å². The third-order valence-electron chi connectivity index (χ3n) is 5.11. The first kappa shape index (κ1) is 21.1. The van der Waals surface area contributed by atoms with Gasteiger partial charge in [-0.3, -0.25) is 14.1 Å². The molecule has 2 fully saturated rings. The summed E-state index contributed by atoms with van der Waals surface area (Å²) in [7, 11) is -3.33. The number of rotatable bonds is 6. The normalized spacial score (nSPS) is 25.6. The molecular weight excluding hydrogens is 404 g/mol.